The van der Waals surface area contributed by atoms with Crippen molar-refractivity contribution in [3.63, 3.8) is 0 Å². The first kappa shape index (κ1) is 14.9. The summed E-state index contributed by atoms with van der Waals surface area (Å²) in [7, 11) is 0. The Morgan fingerprint density at radius 2 is 1.79 bits per heavy atom. The molecule has 0 aliphatic carbocycles. The number of hydrogen-bond acceptors (Lipinski definition) is 3. The zero-order valence-electron chi connectivity index (χ0n) is 11.5. The van der Waals surface area contributed by atoms with Crippen LogP contribution in [0.5, 0.6) is 0 Å². The summed E-state index contributed by atoms with van der Waals surface area (Å²) in [4.78, 5) is 22.7. The second kappa shape index (κ2) is 7.31. The number of carbonyl (C=O) groups excluding carboxylic acids is 2. The summed E-state index contributed by atoms with van der Waals surface area (Å²) in [5, 5.41) is 6.62. The van der Waals surface area contributed by atoms with Crippen molar-refractivity contribution in [1.82, 2.24) is 5.43 Å². The number of benzene rings is 1. The molecular formula is C14H19N3O2. The van der Waals surface area contributed by atoms with Gasteiger partial charge in [-0.25, -0.2) is 5.43 Å². The van der Waals surface area contributed by atoms with Crippen LogP contribution in [0.3, 0.4) is 0 Å². The number of nitrogens with zero attached hydrogens (tertiary/aromatic N) is 1. The van der Waals surface area contributed by atoms with Gasteiger partial charge in [0.15, 0.2) is 0 Å². The predicted octanol–water partition coefficient (Wildman–Crippen LogP) is 2.23. The van der Waals surface area contributed by atoms with Crippen LogP contribution in [-0.4, -0.2) is 17.5 Å². The van der Waals surface area contributed by atoms with Gasteiger partial charge in [0.1, 0.15) is 0 Å². The molecule has 1 aromatic carbocycles. The molecule has 0 fully saturated rings. The van der Waals surface area contributed by atoms with Crippen molar-refractivity contribution in [1.29, 1.82) is 0 Å². The van der Waals surface area contributed by atoms with Crippen LogP contribution in [0.2, 0.25) is 0 Å². The van der Waals surface area contributed by atoms with Crippen molar-refractivity contribution in [2.45, 2.75) is 33.6 Å². The molecule has 0 aliphatic rings. The molecule has 0 atom stereocenters. The highest BCUT2D eigenvalue weighted by molar-refractivity contribution is 6.05. The number of rotatable bonds is 5. The van der Waals surface area contributed by atoms with E-state index in [1.807, 2.05) is 31.2 Å². The Morgan fingerprint density at radius 3 is 2.37 bits per heavy atom. The third-order valence-corrected chi connectivity index (χ3v) is 2.44. The maximum absolute atomic E-state index is 11.7. The predicted molar refractivity (Wildman–Crippen MR) is 76.0 cm³/mol. The Labute approximate surface area is 113 Å². The minimum atomic E-state index is -0.168. The summed E-state index contributed by atoms with van der Waals surface area (Å²) in [6.07, 6.45) is 0.518. The third kappa shape index (κ3) is 5.81. The number of amides is 2. The zero-order valence-corrected chi connectivity index (χ0v) is 11.5. The smallest absolute Gasteiger partial charge is 0.239 e. The van der Waals surface area contributed by atoms with Crippen molar-refractivity contribution in [2.24, 2.45) is 5.10 Å². The molecule has 19 heavy (non-hydrogen) atoms. The van der Waals surface area contributed by atoms with Crippen LogP contribution in [0, 0.1) is 6.92 Å². The number of aryl methyl sites for hydroxylation is 1. The van der Waals surface area contributed by atoms with E-state index in [4.69, 9.17) is 0 Å². The summed E-state index contributed by atoms with van der Waals surface area (Å²) in [6, 6.07) is 7.55. The van der Waals surface area contributed by atoms with E-state index in [-0.39, 0.29) is 18.2 Å². The van der Waals surface area contributed by atoms with Crippen LogP contribution in [0.25, 0.3) is 0 Å². The Balaban J connectivity index is 2.46. The van der Waals surface area contributed by atoms with Crippen molar-refractivity contribution >= 4 is 23.2 Å². The second-order valence-corrected chi connectivity index (χ2v) is 4.33. The van der Waals surface area contributed by atoms with Crippen molar-refractivity contribution in [3.05, 3.63) is 29.8 Å². The van der Waals surface area contributed by atoms with Crippen LogP contribution in [0.1, 0.15) is 32.3 Å². The van der Waals surface area contributed by atoms with Gasteiger partial charge in [0, 0.05) is 17.8 Å². The molecule has 0 saturated carbocycles. The molecule has 0 radical (unpaired) electrons. The Kier molecular flexibility index (Phi) is 5.73. The van der Waals surface area contributed by atoms with Gasteiger partial charge in [0.25, 0.3) is 0 Å². The Morgan fingerprint density at radius 1 is 1.16 bits per heavy atom. The van der Waals surface area contributed by atoms with Gasteiger partial charge in [-0.1, -0.05) is 24.6 Å². The summed E-state index contributed by atoms with van der Waals surface area (Å²) in [5.41, 5.74) is 4.83. The fourth-order valence-electron chi connectivity index (χ4n) is 1.35. The average Bonchev–Trinajstić information content (AvgIpc) is 2.38. The molecular weight excluding hydrogens is 242 g/mol. The highest BCUT2D eigenvalue weighted by atomic mass is 16.2. The molecule has 1 aromatic rings. The lowest BCUT2D eigenvalue weighted by Crippen LogP contribution is -2.20. The van der Waals surface area contributed by atoms with E-state index in [1.165, 1.54) is 0 Å². The molecule has 0 heterocycles. The fraction of sp³-hybridized carbons (Fsp3) is 0.357. The van der Waals surface area contributed by atoms with Gasteiger partial charge in [-0.05, 0) is 26.0 Å². The monoisotopic (exact) mass is 261 g/mol. The van der Waals surface area contributed by atoms with Crippen LogP contribution < -0.4 is 10.7 Å². The molecule has 0 bridgehead atoms. The van der Waals surface area contributed by atoms with E-state index in [2.05, 4.69) is 15.8 Å². The Hall–Kier alpha value is -2.17. The summed E-state index contributed by atoms with van der Waals surface area (Å²) in [5.74, 6) is -0.325. The first-order valence-electron chi connectivity index (χ1n) is 6.19. The number of hydrogen-bond donors (Lipinski definition) is 2. The van der Waals surface area contributed by atoms with Gasteiger partial charge in [0.2, 0.25) is 11.8 Å². The zero-order chi connectivity index (χ0) is 14.3. The lowest BCUT2D eigenvalue weighted by molar-refractivity contribution is -0.121. The fourth-order valence-corrected chi connectivity index (χ4v) is 1.35. The quantitative estimate of drug-likeness (QED) is 0.630. The molecule has 5 heteroatoms. The van der Waals surface area contributed by atoms with Gasteiger partial charge in [-0.3, -0.25) is 9.59 Å². The molecule has 0 aliphatic heterocycles. The normalized spacial score (nSPS) is 11.0. The molecule has 0 unspecified atom stereocenters. The molecule has 2 amide bonds. The standard InChI is InChI=1S/C14H19N3O2/c1-4-13(18)17-16-11(3)9-14(19)15-12-7-5-10(2)6-8-12/h5-8H,4,9H2,1-3H3,(H,15,19)(H,17,18)/b16-11+. The first-order chi connectivity index (χ1) is 9.01. The van der Waals surface area contributed by atoms with E-state index in [0.717, 1.165) is 11.3 Å². The highest BCUT2D eigenvalue weighted by Crippen LogP contribution is 2.08. The molecule has 1 rings (SSSR count). The van der Waals surface area contributed by atoms with Crippen LogP contribution in [0.4, 0.5) is 5.69 Å². The van der Waals surface area contributed by atoms with Crippen molar-refractivity contribution in [2.75, 3.05) is 5.32 Å². The number of hydrazone groups is 1. The minimum Gasteiger partial charge on any atom is -0.326 e. The van der Waals surface area contributed by atoms with Gasteiger partial charge in [-0.15, -0.1) is 0 Å². The molecule has 102 valence electrons. The largest absolute Gasteiger partial charge is 0.326 e. The van der Waals surface area contributed by atoms with Gasteiger partial charge < -0.3 is 5.32 Å². The number of anilines is 1. The number of nitrogens with one attached hydrogen (secondary N) is 2. The van der Waals surface area contributed by atoms with Crippen LogP contribution in [-0.2, 0) is 9.59 Å². The van der Waals surface area contributed by atoms with E-state index < -0.39 is 0 Å². The lowest BCUT2D eigenvalue weighted by Gasteiger charge is -2.05. The summed E-state index contributed by atoms with van der Waals surface area (Å²) in [6.45, 7) is 5.42. The maximum Gasteiger partial charge on any atom is 0.239 e. The highest BCUT2D eigenvalue weighted by Gasteiger charge is 2.05. The van der Waals surface area contributed by atoms with Gasteiger partial charge >= 0.3 is 0 Å². The molecule has 0 aromatic heterocycles. The van der Waals surface area contributed by atoms with Crippen molar-refractivity contribution < 1.29 is 9.59 Å². The third-order valence-electron chi connectivity index (χ3n) is 2.44. The minimum absolute atomic E-state index is 0.151. The van der Waals surface area contributed by atoms with E-state index in [1.54, 1.807) is 13.8 Å². The van der Waals surface area contributed by atoms with Crippen LogP contribution >= 0.6 is 0 Å². The van der Waals surface area contributed by atoms with Gasteiger partial charge in [0.05, 0.1) is 6.42 Å². The maximum atomic E-state index is 11.7. The van der Waals surface area contributed by atoms with Crippen molar-refractivity contribution in [3.8, 4) is 0 Å². The van der Waals surface area contributed by atoms with E-state index in [0.29, 0.717) is 12.1 Å². The summed E-state index contributed by atoms with van der Waals surface area (Å²) >= 11 is 0. The molecule has 0 spiro atoms. The van der Waals surface area contributed by atoms with Crippen LogP contribution in [0.15, 0.2) is 29.4 Å². The Bertz CT molecular complexity index is 478. The molecule has 0 saturated heterocycles. The molecule has 5 nitrogen and oxygen atoms in total. The van der Waals surface area contributed by atoms with E-state index >= 15 is 0 Å². The topological polar surface area (TPSA) is 70.6 Å². The van der Waals surface area contributed by atoms with Gasteiger partial charge in [-0.2, -0.15) is 5.10 Å². The first-order valence-corrected chi connectivity index (χ1v) is 6.19. The average molecular weight is 261 g/mol. The number of carbonyl (C=O) groups is 2. The SMILES string of the molecule is CCC(=O)N/N=C(\C)CC(=O)Nc1ccc(C)cc1. The van der Waals surface area contributed by atoms with E-state index in [9.17, 15) is 9.59 Å². The second-order valence-electron chi connectivity index (χ2n) is 4.33. The summed E-state index contributed by atoms with van der Waals surface area (Å²) < 4.78 is 0. The molecule has 2 N–H and O–H groups in total. The lowest BCUT2D eigenvalue weighted by atomic mass is 10.2.